The maximum atomic E-state index is 13.2. The number of aliphatic hydroxyl groups excluding tert-OH is 8. The quantitative estimate of drug-likeness (QED) is 0.0426. The van der Waals surface area contributed by atoms with E-state index < -0.39 is 129 Å². The van der Waals surface area contributed by atoms with Gasteiger partial charge < -0.3 is 70.4 Å². The number of nitrogens with one attached hydrogen (secondary N) is 3. The van der Waals surface area contributed by atoms with Crippen molar-refractivity contribution in [2.24, 2.45) is 0 Å². The fraction of sp³-hybridized carbons (Fsp3) is 0.846. The molecule has 4 aliphatic rings. The van der Waals surface area contributed by atoms with E-state index in [1.807, 2.05) is 0 Å². The summed E-state index contributed by atoms with van der Waals surface area (Å²) in [5.74, 6) is -1.88. The van der Waals surface area contributed by atoms with Gasteiger partial charge in [0.15, 0.2) is 18.8 Å². The molecule has 4 aliphatic heterocycles. The summed E-state index contributed by atoms with van der Waals surface area (Å²) < 4.78 is 23.4. The van der Waals surface area contributed by atoms with E-state index in [-0.39, 0.29) is 13.0 Å². The molecule has 15 atom stereocenters. The number of allylic oxidation sites excluding steroid dienone is 1. The second-order valence-electron chi connectivity index (χ2n) is 15.9. The van der Waals surface area contributed by atoms with Crippen molar-refractivity contribution in [3.8, 4) is 0 Å². The van der Waals surface area contributed by atoms with Gasteiger partial charge in [0.05, 0.1) is 18.8 Å². The number of imide groups is 1. The van der Waals surface area contributed by atoms with Crippen LogP contribution in [0.15, 0.2) is 12.2 Å². The Morgan fingerprint density at radius 1 is 0.797 bits per heavy atom. The Morgan fingerprint density at radius 3 is 1.93 bits per heavy atom. The van der Waals surface area contributed by atoms with Crippen molar-refractivity contribution in [1.29, 1.82) is 0 Å². The Morgan fingerprint density at radius 2 is 1.36 bits per heavy atom. The number of unbranched alkanes of at least 4 members (excludes halogenated alkanes) is 11. The first-order valence-corrected chi connectivity index (χ1v) is 21.0. The normalized spacial score (nSPS) is 35.8. The van der Waals surface area contributed by atoms with Crippen LogP contribution in [-0.2, 0) is 33.3 Å². The van der Waals surface area contributed by atoms with Crippen molar-refractivity contribution in [2.75, 3.05) is 13.2 Å². The van der Waals surface area contributed by atoms with Crippen LogP contribution in [0.4, 0.5) is 4.79 Å². The predicted molar refractivity (Wildman–Crippen MR) is 205 cm³/mol. The predicted octanol–water partition coefficient (Wildman–Crippen LogP) is -1.72. The summed E-state index contributed by atoms with van der Waals surface area (Å²) in [6.07, 6.45) is -5.79. The molecule has 0 aromatic rings. The van der Waals surface area contributed by atoms with Crippen LogP contribution in [0.1, 0.15) is 104 Å². The van der Waals surface area contributed by atoms with Gasteiger partial charge >= 0.3 is 6.03 Å². The number of hydrogen-bond acceptors (Lipinski definition) is 16. The van der Waals surface area contributed by atoms with Crippen LogP contribution in [0, 0.1) is 0 Å². The van der Waals surface area contributed by atoms with Crippen molar-refractivity contribution >= 4 is 23.8 Å². The fourth-order valence-corrected chi connectivity index (χ4v) is 7.90. The van der Waals surface area contributed by atoms with Crippen LogP contribution in [-0.4, -0.2) is 175 Å². The summed E-state index contributed by atoms with van der Waals surface area (Å²) >= 11 is 0. The molecule has 3 unspecified atom stereocenters. The molecule has 11 N–H and O–H groups in total. The van der Waals surface area contributed by atoms with Crippen LogP contribution >= 0.6 is 0 Å². The number of nitrogens with zero attached hydrogens (tertiary/aromatic N) is 1. The third-order valence-electron chi connectivity index (χ3n) is 11.3. The van der Waals surface area contributed by atoms with Crippen LogP contribution in [0.3, 0.4) is 0 Å². The van der Waals surface area contributed by atoms with Gasteiger partial charge in [-0.3, -0.25) is 24.6 Å². The molecule has 4 fully saturated rings. The van der Waals surface area contributed by atoms with Gasteiger partial charge in [0.2, 0.25) is 17.7 Å². The number of urea groups is 1. The second-order valence-corrected chi connectivity index (χ2v) is 15.9. The first-order chi connectivity index (χ1) is 28.2. The Labute approximate surface area is 344 Å². The summed E-state index contributed by atoms with van der Waals surface area (Å²) in [5, 5.41) is 93.6. The van der Waals surface area contributed by atoms with Gasteiger partial charge in [0.1, 0.15) is 60.9 Å². The molecule has 20 heteroatoms. The number of rotatable bonds is 22. The minimum Gasteiger partial charge on any atom is -0.394 e. The van der Waals surface area contributed by atoms with Gasteiger partial charge in [-0.2, -0.15) is 0 Å². The van der Waals surface area contributed by atoms with E-state index in [1.165, 1.54) is 51.0 Å². The number of ether oxygens (including phenoxy) is 4. The topological polar surface area (TPSA) is 306 Å². The molecule has 0 aromatic heterocycles. The van der Waals surface area contributed by atoms with E-state index in [9.17, 15) is 60.0 Å². The summed E-state index contributed by atoms with van der Waals surface area (Å²) in [6.45, 7) is 2.42. The lowest BCUT2D eigenvalue weighted by molar-refractivity contribution is -0.346. The number of carbonyl (C=O) groups is 4. The fourth-order valence-electron chi connectivity index (χ4n) is 7.90. The Balaban J connectivity index is 1.42. The number of carbonyl (C=O) groups excluding carboxylic acids is 4. The molecule has 0 radical (unpaired) electrons. The molecule has 4 heterocycles. The molecule has 0 spiro atoms. The average molecular weight is 847 g/mol. The minimum atomic E-state index is -1.84. The molecular weight excluding hydrogens is 780 g/mol. The van der Waals surface area contributed by atoms with E-state index in [0.717, 1.165) is 37.5 Å². The van der Waals surface area contributed by atoms with Crippen LogP contribution < -0.4 is 16.0 Å². The average Bonchev–Trinajstić information content (AvgIpc) is 3.49. The van der Waals surface area contributed by atoms with E-state index in [4.69, 9.17) is 18.9 Å². The number of aliphatic hydroxyl groups is 8. The van der Waals surface area contributed by atoms with E-state index >= 15 is 0 Å². The Kier molecular flexibility index (Phi) is 19.8. The third kappa shape index (κ3) is 13.6. The molecule has 59 heavy (non-hydrogen) atoms. The highest BCUT2D eigenvalue weighted by Gasteiger charge is 2.54. The second kappa shape index (κ2) is 24.0. The molecule has 0 bridgehead atoms. The maximum Gasteiger partial charge on any atom is 0.326 e. The zero-order chi connectivity index (χ0) is 43.2. The molecule has 0 aliphatic carbocycles. The largest absolute Gasteiger partial charge is 0.394 e. The highest BCUT2D eigenvalue weighted by Crippen LogP contribution is 2.33. The molecule has 0 aromatic carbocycles. The lowest BCUT2D eigenvalue weighted by Gasteiger charge is -2.47. The van der Waals surface area contributed by atoms with Gasteiger partial charge in [-0.05, 0) is 18.9 Å². The summed E-state index contributed by atoms with van der Waals surface area (Å²) in [7, 11) is 0. The molecule has 4 rings (SSSR count). The van der Waals surface area contributed by atoms with Crippen LogP contribution in [0.25, 0.3) is 0 Å². The lowest BCUT2D eigenvalue weighted by atomic mass is 9.91. The number of hydrogen-bond donors (Lipinski definition) is 11. The SMILES string of the molecule is CCCCCCCCCCCCC/C=C/C(=O)N[C@H]1[C@H](OC2O[C@H](CO)[C@@H](O)[C@H](O)[C@H]2NC(C)=O)OC(CC(O)[C@H]2O[C@@H](N3CCC(=O)NC3=O)[C@H](O)[C@@H]2O)[C@H](O)[C@@H]1O. The standard InChI is InChI=1S/C39H66N4O16/c1-3-4-5-6-7-8-9-10-11-12-13-14-15-16-25(47)41-28-32(52)29(49)23(56-38(28)59-37-27(40-21(2)45)31(51)30(50)24(20-44)57-37)19-22(46)35-33(53)34(54)36(58-35)43-18-17-26(48)42-39(43)55/h15-16,22-24,27-38,44,46,49-54H,3-14,17-20H2,1-2H3,(H,40,45)(H,41,47)(H,42,48,55)/b16-15+/t22?,23?,24-,27-,28-,29+,30-,31-,32-,33+,34-,35-,36-,37?,38+/m1/s1. The zero-order valence-corrected chi connectivity index (χ0v) is 33.9. The summed E-state index contributed by atoms with van der Waals surface area (Å²) in [6, 6.07) is -3.86. The van der Waals surface area contributed by atoms with Gasteiger partial charge in [0.25, 0.3) is 0 Å². The van der Waals surface area contributed by atoms with Gasteiger partial charge in [-0.25, -0.2) is 4.79 Å². The monoisotopic (exact) mass is 846 g/mol. The van der Waals surface area contributed by atoms with Crippen molar-refractivity contribution in [1.82, 2.24) is 20.9 Å². The molecule has 338 valence electrons. The summed E-state index contributed by atoms with van der Waals surface area (Å²) in [4.78, 5) is 50.3. The first-order valence-electron chi connectivity index (χ1n) is 21.0. The molecular formula is C39H66N4O16. The van der Waals surface area contributed by atoms with Crippen molar-refractivity contribution in [3.63, 3.8) is 0 Å². The van der Waals surface area contributed by atoms with Gasteiger partial charge in [-0.15, -0.1) is 0 Å². The minimum absolute atomic E-state index is 0.0988. The van der Waals surface area contributed by atoms with Crippen LogP contribution in [0.5, 0.6) is 0 Å². The molecule has 5 amide bonds. The summed E-state index contributed by atoms with van der Waals surface area (Å²) in [5.41, 5.74) is 0. The number of amides is 5. The van der Waals surface area contributed by atoms with E-state index in [0.29, 0.717) is 6.42 Å². The van der Waals surface area contributed by atoms with E-state index in [1.54, 1.807) is 6.08 Å². The van der Waals surface area contributed by atoms with Crippen LogP contribution in [0.2, 0.25) is 0 Å². The first kappa shape index (κ1) is 48.8. The zero-order valence-electron chi connectivity index (χ0n) is 33.9. The van der Waals surface area contributed by atoms with Crippen molar-refractivity contribution in [3.05, 3.63) is 12.2 Å². The van der Waals surface area contributed by atoms with Gasteiger partial charge in [0, 0.05) is 26.3 Å². The Hall–Kier alpha value is -2.86. The highest BCUT2D eigenvalue weighted by molar-refractivity contribution is 5.96. The highest BCUT2D eigenvalue weighted by atomic mass is 16.8. The smallest absolute Gasteiger partial charge is 0.326 e. The molecule has 20 nitrogen and oxygen atoms in total. The molecule has 0 saturated carbocycles. The molecule has 4 saturated heterocycles. The van der Waals surface area contributed by atoms with Crippen molar-refractivity contribution in [2.45, 2.75) is 196 Å². The van der Waals surface area contributed by atoms with Crippen molar-refractivity contribution < 1.29 is 79.0 Å². The lowest BCUT2D eigenvalue weighted by Crippen LogP contribution is -2.68. The maximum absolute atomic E-state index is 13.2. The van der Waals surface area contributed by atoms with Gasteiger partial charge in [-0.1, -0.05) is 77.2 Å². The van der Waals surface area contributed by atoms with E-state index in [2.05, 4.69) is 22.9 Å². The Bertz CT molecular complexity index is 1380. The third-order valence-corrected chi connectivity index (χ3v) is 11.3.